The standard InChI is InChI=1S/C13H23N3O/c1-4-6-16-9-11(8-15-16)13(14-3)12-5-7-17-10(12)2/h8-10,12-14H,4-7H2,1-3H3. The molecule has 1 aliphatic heterocycles. The Morgan fingerprint density at radius 2 is 2.47 bits per heavy atom. The second-order valence-electron chi connectivity index (χ2n) is 4.83. The number of rotatable bonds is 5. The summed E-state index contributed by atoms with van der Waals surface area (Å²) in [5.41, 5.74) is 1.28. The zero-order chi connectivity index (χ0) is 12.3. The first kappa shape index (κ1) is 12.6. The third-order valence-corrected chi connectivity index (χ3v) is 3.64. The lowest BCUT2D eigenvalue weighted by atomic mass is 9.90. The first-order chi connectivity index (χ1) is 8.26. The quantitative estimate of drug-likeness (QED) is 0.851. The summed E-state index contributed by atoms with van der Waals surface area (Å²) >= 11 is 0. The average Bonchev–Trinajstić information content (AvgIpc) is 2.92. The smallest absolute Gasteiger partial charge is 0.0594 e. The van der Waals surface area contributed by atoms with Crippen LogP contribution in [0.2, 0.25) is 0 Å². The maximum absolute atomic E-state index is 5.66. The van der Waals surface area contributed by atoms with E-state index in [1.165, 1.54) is 5.56 Å². The Balaban J connectivity index is 2.10. The molecule has 17 heavy (non-hydrogen) atoms. The van der Waals surface area contributed by atoms with Crippen molar-refractivity contribution in [2.75, 3.05) is 13.7 Å². The van der Waals surface area contributed by atoms with Crippen LogP contribution in [0.15, 0.2) is 12.4 Å². The van der Waals surface area contributed by atoms with Gasteiger partial charge in [-0.25, -0.2) is 0 Å². The molecule has 1 aromatic heterocycles. The Bertz CT molecular complexity index is 350. The molecule has 1 saturated heterocycles. The van der Waals surface area contributed by atoms with E-state index in [2.05, 4.69) is 30.5 Å². The first-order valence-electron chi connectivity index (χ1n) is 6.57. The van der Waals surface area contributed by atoms with Crippen LogP contribution in [0.1, 0.15) is 38.3 Å². The van der Waals surface area contributed by atoms with Crippen LogP contribution >= 0.6 is 0 Å². The first-order valence-corrected chi connectivity index (χ1v) is 6.57. The number of ether oxygens (including phenoxy) is 1. The molecule has 0 bridgehead atoms. The molecule has 3 atom stereocenters. The van der Waals surface area contributed by atoms with Crippen molar-refractivity contribution in [3.05, 3.63) is 18.0 Å². The highest BCUT2D eigenvalue weighted by Gasteiger charge is 2.32. The summed E-state index contributed by atoms with van der Waals surface area (Å²) in [6.07, 6.45) is 6.74. The Labute approximate surface area is 103 Å². The summed E-state index contributed by atoms with van der Waals surface area (Å²) < 4.78 is 7.68. The molecular weight excluding hydrogens is 214 g/mol. The van der Waals surface area contributed by atoms with Crippen molar-refractivity contribution in [3.63, 3.8) is 0 Å². The summed E-state index contributed by atoms with van der Waals surface area (Å²) in [4.78, 5) is 0. The number of nitrogens with zero attached hydrogens (tertiary/aromatic N) is 2. The molecule has 4 nitrogen and oxygen atoms in total. The van der Waals surface area contributed by atoms with Gasteiger partial charge in [-0.05, 0) is 26.8 Å². The maximum atomic E-state index is 5.66. The van der Waals surface area contributed by atoms with Gasteiger partial charge < -0.3 is 10.1 Å². The van der Waals surface area contributed by atoms with E-state index in [1.807, 2.05) is 17.9 Å². The molecule has 2 rings (SSSR count). The second kappa shape index (κ2) is 5.65. The van der Waals surface area contributed by atoms with E-state index in [0.717, 1.165) is 26.0 Å². The van der Waals surface area contributed by atoms with E-state index in [0.29, 0.717) is 18.1 Å². The van der Waals surface area contributed by atoms with Gasteiger partial charge in [0.2, 0.25) is 0 Å². The molecular formula is C13H23N3O. The lowest BCUT2D eigenvalue weighted by Gasteiger charge is -2.24. The van der Waals surface area contributed by atoms with Crippen molar-refractivity contribution < 1.29 is 4.74 Å². The van der Waals surface area contributed by atoms with Crippen LogP contribution in [0.5, 0.6) is 0 Å². The molecule has 1 N–H and O–H groups in total. The van der Waals surface area contributed by atoms with Gasteiger partial charge in [0.05, 0.1) is 12.3 Å². The lowest BCUT2D eigenvalue weighted by molar-refractivity contribution is 0.0963. The van der Waals surface area contributed by atoms with Crippen molar-refractivity contribution in [2.24, 2.45) is 5.92 Å². The van der Waals surface area contributed by atoms with Gasteiger partial charge in [0.15, 0.2) is 0 Å². The van der Waals surface area contributed by atoms with Crippen LogP contribution in [0, 0.1) is 5.92 Å². The minimum Gasteiger partial charge on any atom is -0.378 e. The Hall–Kier alpha value is -0.870. The zero-order valence-corrected chi connectivity index (χ0v) is 11.0. The van der Waals surface area contributed by atoms with E-state index in [4.69, 9.17) is 4.74 Å². The van der Waals surface area contributed by atoms with Gasteiger partial charge >= 0.3 is 0 Å². The number of aromatic nitrogens is 2. The van der Waals surface area contributed by atoms with Crippen molar-refractivity contribution in [1.29, 1.82) is 0 Å². The molecule has 1 aromatic rings. The fourth-order valence-corrected chi connectivity index (χ4v) is 2.71. The SMILES string of the molecule is CCCn1cc(C(NC)C2CCOC2C)cn1. The Kier molecular flexibility index (Phi) is 4.18. The predicted octanol–water partition coefficient (Wildman–Crippen LogP) is 1.98. The number of hydrogen-bond donors (Lipinski definition) is 1. The van der Waals surface area contributed by atoms with E-state index < -0.39 is 0 Å². The summed E-state index contributed by atoms with van der Waals surface area (Å²) in [6, 6.07) is 0.359. The largest absolute Gasteiger partial charge is 0.378 e. The van der Waals surface area contributed by atoms with E-state index in [1.54, 1.807) is 0 Å². The van der Waals surface area contributed by atoms with Crippen LogP contribution in [-0.2, 0) is 11.3 Å². The molecule has 3 unspecified atom stereocenters. The number of hydrogen-bond acceptors (Lipinski definition) is 3. The molecule has 0 aromatic carbocycles. The zero-order valence-electron chi connectivity index (χ0n) is 11.0. The normalized spacial score (nSPS) is 26.3. The lowest BCUT2D eigenvalue weighted by Crippen LogP contribution is -2.29. The third-order valence-electron chi connectivity index (χ3n) is 3.64. The fraction of sp³-hybridized carbons (Fsp3) is 0.769. The minimum atomic E-state index is 0.335. The Morgan fingerprint density at radius 3 is 3.06 bits per heavy atom. The maximum Gasteiger partial charge on any atom is 0.0594 e. The average molecular weight is 237 g/mol. The molecule has 0 spiro atoms. The minimum absolute atomic E-state index is 0.335. The van der Waals surface area contributed by atoms with Gasteiger partial charge in [-0.1, -0.05) is 6.92 Å². The van der Waals surface area contributed by atoms with Crippen molar-refractivity contribution in [2.45, 2.75) is 45.4 Å². The van der Waals surface area contributed by atoms with Gasteiger partial charge in [-0.2, -0.15) is 5.10 Å². The second-order valence-corrected chi connectivity index (χ2v) is 4.83. The van der Waals surface area contributed by atoms with Crippen molar-refractivity contribution in [3.8, 4) is 0 Å². The summed E-state index contributed by atoms with van der Waals surface area (Å²) in [5, 5.41) is 7.82. The van der Waals surface area contributed by atoms with Crippen molar-refractivity contribution in [1.82, 2.24) is 15.1 Å². The molecule has 2 heterocycles. The molecule has 4 heteroatoms. The van der Waals surface area contributed by atoms with Crippen LogP contribution in [0.4, 0.5) is 0 Å². The summed E-state index contributed by atoms with van der Waals surface area (Å²) in [7, 11) is 2.02. The Morgan fingerprint density at radius 1 is 1.65 bits per heavy atom. The van der Waals surface area contributed by atoms with Crippen LogP contribution in [-0.4, -0.2) is 29.5 Å². The highest BCUT2D eigenvalue weighted by molar-refractivity contribution is 5.13. The van der Waals surface area contributed by atoms with Crippen LogP contribution in [0.25, 0.3) is 0 Å². The summed E-state index contributed by atoms with van der Waals surface area (Å²) in [5.74, 6) is 0.555. The molecule has 1 fully saturated rings. The molecule has 0 saturated carbocycles. The molecule has 96 valence electrons. The monoisotopic (exact) mass is 237 g/mol. The number of nitrogens with one attached hydrogen (secondary N) is 1. The van der Waals surface area contributed by atoms with E-state index >= 15 is 0 Å². The molecule has 1 aliphatic rings. The fourth-order valence-electron chi connectivity index (χ4n) is 2.71. The van der Waals surface area contributed by atoms with Crippen molar-refractivity contribution >= 4 is 0 Å². The summed E-state index contributed by atoms with van der Waals surface area (Å²) in [6.45, 7) is 6.21. The number of aryl methyl sites for hydroxylation is 1. The molecule has 0 aliphatic carbocycles. The van der Waals surface area contributed by atoms with E-state index in [-0.39, 0.29) is 0 Å². The highest BCUT2D eigenvalue weighted by Crippen LogP contribution is 2.32. The topological polar surface area (TPSA) is 39.1 Å². The molecule has 0 radical (unpaired) electrons. The van der Waals surface area contributed by atoms with Gasteiger partial charge in [-0.3, -0.25) is 4.68 Å². The van der Waals surface area contributed by atoms with Gasteiger partial charge in [0.1, 0.15) is 0 Å². The van der Waals surface area contributed by atoms with Crippen LogP contribution < -0.4 is 5.32 Å². The predicted molar refractivity (Wildman–Crippen MR) is 67.8 cm³/mol. The van der Waals surface area contributed by atoms with Crippen LogP contribution in [0.3, 0.4) is 0 Å². The van der Waals surface area contributed by atoms with Gasteiger partial charge in [0.25, 0.3) is 0 Å². The van der Waals surface area contributed by atoms with E-state index in [9.17, 15) is 0 Å². The molecule has 0 amide bonds. The van der Waals surface area contributed by atoms with Gasteiger partial charge in [-0.15, -0.1) is 0 Å². The third kappa shape index (κ3) is 2.69. The van der Waals surface area contributed by atoms with Gasteiger partial charge in [0, 0.05) is 36.9 Å². The highest BCUT2D eigenvalue weighted by atomic mass is 16.5.